The van der Waals surface area contributed by atoms with E-state index in [9.17, 15) is 0 Å². The molecule has 0 saturated carbocycles. The molecule has 3 nitrogen and oxygen atoms in total. The molecular weight excluding hydrogens is 546 g/mol. The van der Waals surface area contributed by atoms with Crippen molar-refractivity contribution in [2.24, 2.45) is 5.41 Å². The standard InChI is InChI=1S/C40H42B2N2O/c1-23(2)31-21-26(40(41,42)39(5,6)7)22-32(24(3)4)35(31)44-34-18-11-10-17-33(34)43-38(44)30-16-12-15-28-29-20-19-25-13-8-9-14-27(25)36(29)45-37(28)30/h8-24H,41-42H2,1-7H3. The third kappa shape index (κ3) is 4.54. The maximum atomic E-state index is 6.84. The Morgan fingerprint density at radius 1 is 0.689 bits per heavy atom. The van der Waals surface area contributed by atoms with E-state index in [2.05, 4.69) is 160 Å². The van der Waals surface area contributed by atoms with Gasteiger partial charge in [-0.1, -0.05) is 126 Å². The monoisotopic (exact) mass is 588 g/mol. The molecular formula is C40H42B2N2O. The van der Waals surface area contributed by atoms with Crippen LogP contribution in [0.4, 0.5) is 0 Å². The zero-order chi connectivity index (χ0) is 31.8. The molecule has 0 N–H and O–H groups in total. The Kier molecular flexibility index (Phi) is 6.82. The summed E-state index contributed by atoms with van der Waals surface area (Å²) < 4.78 is 9.27. The van der Waals surface area contributed by atoms with E-state index in [1.54, 1.807) is 0 Å². The lowest BCUT2D eigenvalue weighted by molar-refractivity contribution is 0.358. The number of rotatable bonds is 5. The van der Waals surface area contributed by atoms with Crippen LogP contribution in [0.2, 0.25) is 0 Å². The fraction of sp³-hybridized carbons (Fsp3) is 0.275. The lowest BCUT2D eigenvalue weighted by Gasteiger charge is -2.41. The molecule has 0 saturated heterocycles. The summed E-state index contributed by atoms with van der Waals surface area (Å²) in [6.07, 6.45) is 0. The van der Waals surface area contributed by atoms with Gasteiger partial charge in [0, 0.05) is 16.2 Å². The fourth-order valence-corrected chi connectivity index (χ4v) is 6.75. The van der Waals surface area contributed by atoms with Gasteiger partial charge in [-0.3, -0.25) is 4.57 Å². The van der Waals surface area contributed by atoms with Gasteiger partial charge in [-0.25, -0.2) is 4.98 Å². The highest BCUT2D eigenvalue weighted by molar-refractivity contribution is 6.40. The average molecular weight is 588 g/mol. The molecule has 45 heavy (non-hydrogen) atoms. The predicted molar refractivity (Wildman–Crippen MR) is 198 cm³/mol. The first-order valence-electron chi connectivity index (χ1n) is 16.4. The SMILES string of the molecule is BC(B)(c1cc(C(C)C)c(-n2c(-c3cccc4c3oc3c5ccccc5ccc43)nc3ccccc32)c(C(C)C)c1)C(C)(C)C. The molecule has 0 unspecified atom stereocenters. The Morgan fingerprint density at radius 2 is 1.31 bits per heavy atom. The number of para-hydroxylation sites is 3. The van der Waals surface area contributed by atoms with Gasteiger partial charge < -0.3 is 4.42 Å². The molecule has 0 fully saturated rings. The first-order valence-corrected chi connectivity index (χ1v) is 16.4. The summed E-state index contributed by atoms with van der Waals surface area (Å²) in [6, 6.07) is 32.8. The van der Waals surface area contributed by atoms with Crippen molar-refractivity contribution in [3.63, 3.8) is 0 Å². The summed E-state index contributed by atoms with van der Waals surface area (Å²) in [4.78, 5) is 5.36. The minimum Gasteiger partial charge on any atom is -0.455 e. The van der Waals surface area contributed by atoms with Crippen molar-refractivity contribution in [3.05, 3.63) is 108 Å². The number of furan rings is 1. The third-order valence-electron chi connectivity index (χ3n) is 10.4. The second-order valence-electron chi connectivity index (χ2n) is 14.9. The Bertz CT molecular complexity index is 2220. The van der Waals surface area contributed by atoms with Crippen molar-refractivity contribution in [2.45, 2.75) is 65.5 Å². The number of hydrogen-bond donors (Lipinski definition) is 0. The van der Waals surface area contributed by atoms with Crippen LogP contribution < -0.4 is 0 Å². The number of nitrogens with zero attached hydrogens (tertiary/aromatic N) is 2. The van der Waals surface area contributed by atoms with Crippen LogP contribution in [0.5, 0.6) is 0 Å². The van der Waals surface area contributed by atoms with Gasteiger partial charge in [0.1, 0.15) is 32.7 Å². The van der Waals surface area contributed by atoms with Crippen LogP contribution in [0, 0.1) is 5.41 Å². The van der Waals surface area contributed by atoms with Crippen molar-refractivity contribution >= 4 is 59.4 Å². The van der Waals surface area contributed by atoms with Gasteiger partial charge in [-0.05, 0) is 58.0 Å². The molecule has 5 aromatic carbocycles. The topological polar surface area (TPSA) is 31.0 Å². The highest BCUT2D eigenvalue weighted by Gasteiger charge is 2.36. The number of hydrogen-bond acceptors (Lipinski definition) is 2. The molecule has 224 valence electrons. The van der Waals surface area contributed by atoms with E-state index in [1.165, 1.54) is 27.8 Å². The van der Waals surface area contributed by atoms with Crippen LogP contribution in [0.15, 0.2) is 95.4 Å². The van der Waals surface area contributed by atoms with Gasteiger partial charge in [-0.15, -0.1) is 0 Å². The average Bonchev–Trinajstić information content (AvgIpc) is 3.58. The highest BCUT2D eigenvalue weighted by atomic mass is 16.3. The van der Waals surface area contributed by atoms with Gasteiger partial charge in [0.25, 0.3) is 0 Å². The zero-order valence-corrected chi connectivity index (χ0v) is 28.1. The minimum absolute atomic E-state index is 0.0126. The normalized spacial score (nSPS) is 12.9. The Labute approximate surface area is 268 Å². The summed E-state index contributed by atoms with van der Waals surface area (Å²) >= 11 is 0. The molecule has 0 spiro atoms. The molecule has 5 heteroatoms. The second-order valence-corrected chi connectivity index (χ2v) is 14.9. The smallest absolute Gasteiger partial charge is 0.149 e. The molecule has 0 aliphatic rings. The Morgan fingerprint density at radius 3 is 2.00 bits per heavy atom. The van der Waals surface area contributed by atoms with E-state index in [4.69, 9.17) is 9.40 Å². The first kappa shape index (κ1) is 29.5. The molecule has 2 aromatic heterocycles. The van der Waals surface area contributed by atoms with Crippen molar-refractivity contribution in [1.82, 2.24) is 9.55 Å². The number of aromatic nitrogens is 2. The summed E-state index contributed by atoms with van der Waals surface area (Å²) in [7, 11) is 4.78. The van der Waals surface area contributed by atoms with Crippen molar-refractivity contribution < 1.29 is 4.42 Å². The number of imidazole rings is 1. The lowest BCUT2D eigenvalue weighted by Crippen LogP contribution is -2.41. The maximum absolute atomic E-state index is 6.84. The molecule has 2 heterocycles. The molecule has 0 aliphatic heterocycles. The quantitative estimate of drug-likeness (QED) is 0.188. The summed E-state index contributed by atoms with van der Waals surface area (Å²) in [6.45, 7) is 16.3. The van der Waals surface area contributed by atoms with Gasteiger partial charge in [0.05, 0.1) is 22.3 Å². The van der Waals surface area contributed by atoms with Crippen LogP contribution in [0.3, 0.4) is 0 Å². The van der Waals surface area contributed by atoms with Gasteiger partial charge in [0.2, 0.25) is 0 Å². The van der Waals surface area contributed by atoms with E-state index >= 15 is 0 Å². The Balaban J connectivity index is 1.59. The van der Waals surface area contributed by atoms with Gasteiger partial charge in [0.15, 0.2) is 0 Å². The Hall–Kier alpha value is -4.24. The van der Waals surface area contributed by atoms with E-state index in [0.29, 0.717) is 11.8 Å². The third-order valence-corrected chi connectivity index (χ3v) is 10.4. The van der Waals surface area contributed by atoms with Crippen LogP contribution in [0.25, 0.3) is 60.8 Å². The predicted octanol–water partition coefficient (Wildman–Crippen LogP) is 9.46. The van der Waals surface area contributed by atoms with E-state index in [1.807, 2.05) is 0 Å². The summed E-state index contributed by atoms with van der Waals surface area (Å²) in [5.74, 6) is 1.54. The highest BCUT2D eigenvalue weighted by Crippen LogP contribution is 2.45. The largest absolute Gasteiger partial charge is 0.455 e. The second kappa shape index (κ2) is 10.4. The molecule has 0 atom stereocenters. The van der Waals surface area contributed by atoms with E-state index in [-0.39, 0.29) is 10.6 Å². The van der Waals surface area contributed by atoms with Gasteiger partial charge in [-0.2, -0.15) is 0 Å². The van der Waals surface area contributed by atoms with Crippen LogP contribution in [-0.2, 0) is 5.21 Å². The number of benzene rings is 5. The number of fused-ring (bicyclic) bond motifs is 6. The molecule has 0 bridgehead atoms. The first-order chi connectivity index (χ1) is 21.4. The summed E-state index contributed by atoms with van der Waals surface area (Å²) in [5.41, 5.74) is 10.3. The molecule has 7 aromatic rings. The van der Waals surface area contributed by atoms with Crippen molar-refractivity contribution in [1.29, 1.82) is 0 Å². The van der Waals surface area contributed by atoms with Crippen LogP contribution in [-0.4, -0.2) is 25.2 Å². The molecule has 7 rings (SSSR count). The van der Waals surface area contributed by atoms with Crippen molar-refractivity contribution in [3.8, 4) is 17.1 Å². The molecule has 0 amide bonds. The molecule has 0 radical (unpaired) electrons. The fourth-order valence-electron chi connectivity index (χ4n) is 6.75. The summed E-state index contributed by atoms with van der Waals surface area (Å²) in [5, 5.41) is 4.54. The lowest BCUT2D eigenvalue weighted by atomic mass is 9.40. The van der Waals surface area contributed by atoms with E-state index < -0.39 is 0 Å². The minimum atomic E-state index is -0.0126. The van der Waals surface area contributed by atoms with Crippen LogP contribution >= 0.6 is 0 Å². The van der Waals surface area contributed by atoms with Gasteiger partial charge >= 0.3 is 0 Å². The zero-order valence-electron chi connectivity index (χ0n) is 28.1. The van der Waals surface area contributed by atoms with Crippen LogP contribution in [0.1, 0.15) is 77.0 Å². The maximum Gasteiger partial charge on any atom is 0.149 e. The molecule has 0 aliphatic carbocycles. The van der Waals surface area contributed by atoms with E-state index in [0.717, 1.165) is 49.7 Å². The van der Waals surface area contributed by atoms with Crippen molar-refractivity contribution in [2.75, 3.05) is 0 Å².